The lowest BCUT2D eigenvalue weighted by Crippen LogP contribution is -2.32. The summed E-state index contributed by atoms with van der Waals surface area (Å²) in [6.07, 6.45) is 0. The fraction of sp³-hybridized carbons (Fsp3) is 0.333. The first-order chi connectivity index (χ1) is 7.25. The molecule has 0 saturated heterocycles. The number of nitrogens with two attached hydrogens (primary N) is 1. The van der Waals surface area contributed by atoms with Crippen LogP contribution in [0.1, 0.15) is 22.9 Å². The smallest absolute Gasteiger partial charge is 0.0462 e. The van der Waals surface area contributed by atoms with Gasteiger partial charge in [-0.3, -0.25) is 0 Å². The van der Waals surface area contributed by atoms with Crippen molar-refractivity contribution in [2.24, 2.45) is 5.73 Å². The number of H-pyrrole nitrogens is 1. The van der Waals surface area contributed by atoms with Crippen LogP contribution in [0.25, 0.3) is 10.9 Å². The summed E-state index contributed by atoms with van der Waals surface area (Å²) in [4.78, 5) is 3.44. The van der Waals surface area contributed by atoms with Gasteiger partial charge in [-0.1, -0.05) is 12.1 Å². The van der Waals surface area contributed by atoms with E-state index in [-0.39, 0.29) is 6.04 Å². The SMILES string of the molecule is Cc1ccc2c3c([nH]c2c1)CNCC3N. The summed E-state index contributed by atoms with van der Waals surface area (Å²) in [6, 6.07) is 6.61. The second-order valence-corrected chi connectivity index (χ2v) is 4.30. The molecule has 1 aromatic heterocycles. The van der Waals surface area contributed by atoms with E-state index >= 15 is 0 Å². The highest BCUT2D eigenvalue weighted by Crippen LogP contribution is 2.29. The van der Waals surface area contributed by atoms with E-state index in [1.54, 1.807) is 0 Å². The maximum Gasteiger partial charge on any atom is 0.0462 e. The molecule has 0 bridgehead atoms. The van der Waals surface area contributed by atoms with Crippen molar-refractivity contribution in [1.82, 2.24) is 10.3 Å². The molecule has 0 radical (unpaired) electrons. The zero-order chi connectivity index (χ0) is 10.4. The average Bonchev–Trinajstić information content (AvgIpc) is 2.56. The Morgan fingerprint density at radius 2 is 2.27 bits per heavy atom. The maximum atomic E-state index is 6.11. The van der Waals surface area contributed by atoms with E-state index in [1.165, 1.54) is 27.7 Å². The third-order valence-corrected chi connectivity index (χ3v) is 3.11. The number of fused-ring (bicyclic) bond motifs is 3. The van der Waals surface area contributed by atoms with Crippen LogP contribution >= 0.6 is 0 Å². The summed E-state index contributed by atoms with van der Waals surface area (Å²) in [5.74, 6) is 0. The van der Waals surface area contributed by atoms with Crippen LogP contribution in [0.4, 0.5) is 0 Å². The molecular weight excluding hydrogens is 186 g/mol. The van der Waals surface area contributed by atoms with E-state index in [0.29, 0.717) is 0 Å². The van der Waals surface area contributed by atoms with E-state index in [2.05, 4.69) is 35.4 Å². The van der Waals surface area contributed by atoms with E-state index in [0.717, 1.165) is 13.1 Å². The molecule has 1 unspecified atom stereocenters. The summed E-state index contributed by atoms with van der Waals surface area (Å²) in [6.45, 7) is 3.88. The molecule has 3 heteroatoms. The van der Waals surface area contributed by atoms with Crippen molar-refractivity contribution in [3.63, 3.8) is 0 Å². The van der Waals surface area contributed by atoms with Crippen molar-refractivity contribution in [1.29, 1.82) is 0 Å². The first-order valence-corrected chi connectivity index (χ1v) is 5.33. The first-order valence-electron chi connectivity index (χ1n) is 5.33. The molecule has 3 rings (SSSR count). The molecule has 1 aromatic carbocycles. The molecule has 1 atom stereocenters. The lowest BCUT2D eigenvalue weighted by Gasteiger charge is -2.20. The zero-order valence-electron chi connectivity index (χ0n) is 8.80. The van der Waals surface area contributed by atoms with Crippen LogP contribution in [0.15, 0.2) is 18.2 Å². The molecule has 1 aliphatic rings. The Balaban J connectivity index is 2.32. The van der Waals surface area contributed by atoms with Gasteiger partial charge in [0.2, 0.25) is 0 Å². The summed E-state index contributed by atoms with van der Waals surface area (Å²) in [5.41, 5.74) is 11.1. The Bertz CT molecular complexity index is 513. The molecule has 0 spiro atoms. The van der Waals surface area contributed by atoms with Crippen molar-refractivity contribution >= 4 is 10.9 Å². The van der Waals surface area contributed by atoms with Gasteiger partial charge in [0.15, 0.2) is 0 Å². The van der Waals surface area contributed by atoms with Crippen molar-refractivity contribution < 1.29 is 0 Å². The van der Waals surface area contributed by atoms with Crippen molar-refractivity contribution in [2.75, 3.05) is 6.54 Å². The minimum Gasteiger partial charge on any atom is -0.357 e. The minimum atomic E-state index is 0.116. The summed E-state index contributed by atoms with van der Waals surface area (Å²) in [5, 5.41) is 4.59. The Hall–Kier alpha value is -1.32. The van der Waals surface area contributed by atoms with Crippen LogP contribution in [0.2, 0.25) is 0 Å². The number of benzene rings is 1. The van der Waals surface area contributed by atoms with Gasteiger partial charge >= 0.3 is 0 Å². The second kappa shape index (κ2) is 3.08. The number of hydrogen-bond donors (Lipinski definition) is 3. The predicted molar refractivity (Wildman–Crippen MR) is 61.7 cm³/mol. The maximum absolute atomic E-state index is 6.11. The molecule has 1 aliphatic heterocycles. The molecule has 0 fully saturated rings. The Morgan fingerprint density at radius 1 is 1.40 bits per heavy atom. The van der Waals surface area contributed by atoms with Gasteiger partial charge in [-0.15, -0.1) is 0 Å². The monoisotopic (exact) mass is 201 g/mol. The number of nitrogens with one attached hydrogen (secondary N) is 2. The van der Waals surface area contributed by atoms with Gasteiger partial charge in [0.25, 0.3) is 0 Å². The molecule has 0 aliphatic carbocycles. The molecule has 4 N–H and O–H groups in total. The third-order valence-electron chi connectivity index (χ3n) is 3.11. The lowest BCUT2D eigenvalue weighted by molar-refractivity contribution is 0.553. The van der Waals surface area contributed by atoms with Crippen LogP contribution in [-0.2, 0) is 6.54 Å². The largest absolute Gasteiger partial charge is 0.357 e. The lowest BCUT2D eigenvalue weighted by atomic mass is 10.00. The molecule has 2 heterocycles. The van der Waals surface area contributed by atoms with Gasteiger partial charge in [-0.05, 0) is 24.1 Å². The fourth-order valence-electron chi connectivity index (χ4n) is 2.41. The van der Waals surface area contributed by atoms with Crippen molar-refractivity contribution in [3.8, 4) is 0 Å². The predicted octanol–water partition coefficient (Wildman–Crippen LogP) is 1.58. The van der Waals surface area contributed by atoms with E-state index in [9.17, 15) is 0 Å². The van der Waals surface area contributed by atoms with Crippen LogP contribution < -0.4 is 11.1 Å². The summed E-state index contributed by atoms with van der Waals surface area (Å²) >= 11 is 0. The van der Waals surface area contributed by atoms with Crippen LogP contribution in [0.5, 0.6) is 0 Å². The Labute approximate surface area is 88.7 Å². The fourth-order valence-corrected chi connectivity index (χ4v) is 2.41. The number of aryl methyl sites for hydroxylation is 1. The average molecular weight is 201 g/mol. The van der Waals surface area contributed by atoms with Gasteiger partial charge < -0.3 is 16.0 Å². The summed E-state index contributed by atoms with van der Waals surface area (Å²) in [7, 11) is 0. The molecule has 0 amide bonds. The van der Waals surface area contributed by atoms with Gasteiger partial charge in [0, 0.05) is 35.7 Å². The molecule has 0 saturated carbocycles. The number of aromatic nitrogens is 1. The van der Waals surface area contributed by atoms with Crippen LogP contribution in [0, 0.1) is 6.92 Å². The second-order valence-electron chi connectivity index (χ2n) is 4.30. The third kappa shape index (κ3) is 1.28. The zero-order valence-corrected chi connectivity index (χ0v) is 8.80. The minimum absolute atomic E-state index is 0.116. The van der Waals surface area contributed by atoms with Gasteiger partial charge in [-0.25, -0.2) is 0 Å². The highest BCUT2D eigenvalue weighted by Gasteiger charge is 2.20. The topological polar surface area (TPSA) is 53.8 Å². The molecular formula is C12H15N3. The van der Waals surface area contributed by atoms with Crippen molar-refractivity contribution in [2.45, 2.75) is 19.5 Å². The molecule has 3 nitrogen and oxygen atoms in total. The molecule has 15 heavy (non-hydrogen) atoms. The van der Waals surface area contributed by atoms with Gasteiger partial charge in [0.05, 0.1) is 0 Å². The number of aromatic amines is 1. The van der Waals surface area contributed by atoms with E-state index in [4.69, 9.17) is 5.73 Å². The Kier molecular flexibility index (Phi) is 1.84. The first kappa shape index (κ1) is 8.95. The van der Waals surface area contributed by atoms with Crippen molar-refractivity contribution in [3.05, 3.63) is 35.0 Å². The van der Waals surface area contributed by atoms with E-state index in [1.807, 2.05) is 0 Å². The Morgan fingerprint density at radius 3 is 3.13 bits per heavy atom. The highest BCUT2D eigenvalue weighted by atomic mass is 15.0. The normalized spacial score (nSPS) is 20.5. The standard InChI is InChI=1S/C12H15N3/c1-7-2-3-8-10(4-7)15-11-6-14-5-9(13)12(8)11/h2-4,9,14-15H,5-6,13H2,1H3. The van der Waals surface area contributed by atoms with Crippen LogP contribution in [0.3, 0.4) is 0 Å². The van der Waals surface area contributed by atoms with Gasteiger partial charge in [0.1, 0.15) is 0 Å². The van der Waals surface area contributed by atoms with E-state index < -0.39 is 0 Å². The van der Waals surface area contributed by atoms with Crippen LogP contribution in [-0.4, -0.2) is 11.5 Å². The highest BCUT2D eigenvalue weighted by molar-refractivity contribution is 5.86. The van der Waals surface area contributed by atoms with Gasteiger partial charge in [-0.2, -0.15) is 0 Å². The summed E-state index contributed by atoms with van der Waals surface area (Å²) < 4.78 is 0. The number of hydrogen-bond acceptors (Lipinski definition) is 2. The molecule has 2 aromatic rings. The molecule has 78 valence electrons. The number of rotatable bonds is 0. The quantitative estimate of drug-likeness (QED) is 0.606.